The van der Waals surface area contributed by atoms with Crippen molar-refractivity contribution in [3.05, 3.63) is 57.6 Å². The molecule has 0 aliphatic carbocycles. The van der Waals surface area contributed by atoms with Crippen LogP contribution in [0.25, 0.3) is 0 Å². The van der Waals surface area contributed by atoms with Gasteiger partial charge >= 0.3 is 0 Å². The molecule has 0 aliphatic rings. The van der Waals surface area contributed by atoms with Crippen molar-refractivity contribution in [3.8, 4) is 11.5 Å². The third-order valence-electron chi connectivity index (χ3n) is 3.07. The quantitative estimate of drug-likeness (QED) is 0.763. The first kappa shape index (κ1) is 15.7. The van der Waals surface area contributed by atoms with E-state index in [1.54, 1.807) is 43.5 Å². The Labute approximate surface area is 133 Å². The molecule has 2 rings (SSSR count). The maximum absolute atomic E-state index is 12.5. The highest BCUT2D eigenvalue weighted by atomic mass is 35.5. The van der Waals surface area contributed by atoms with Crippen molar-refractivity contribution in [1.82, 2.24) is 0 Å². The van der Waals surface area contributed by atoms with Gasteiger partial charge in [-0.05, 0) is 35.9 Å². The van der Waals surface area contributed by atoms with E-state index in [1.807, 2.05) is 0 Å². The molecule has 5 heteroatoms. The Hall–Kier alpha value is -1.71. The number of carbonyl (C=O) groups excluding carboxylic acids is 1. The predicted octanol–water partition coefficient (Wildman–Crippen LogP) is 4.44. The van der Waals surface area contributed by atoms with Gasteiger partial charge in [-0.3, -0.25) is 4.79 Å². The third kappa shape index (κ3) is 3.69. The monoisotopic (exact) mass is 324 g/mol. The summed E-state index contributed by atoms with van der Waals surface area (Å²) in [5, 5.41) is 1.01. The number of hydrogen-bond donors (Lipinski definition) is 0. The average molecular weight is 325 g/mol. The second kappa shape index (κ2) is 6.83. The van der Waals surface area contributed by atoms with Gasteiger partial charge < -0.3 is 9.47 Å². The molecular weight excluding hydrogens is 311 g/mol. The molecule has 0 fully saturated rings. The molecule has 0 unspecified atom stereocenters. The molecule has 0 N–H and O–H groups in total. The number of rotatable bonds is 5. The summed E-state index contributed by atoms with van der Waals surface area (Å²) in [7, 11) is 3.07. The van der Waals surface area contributed by atoms with Gasteiger partial charge in [-0.15, -0.1) is 0 Å². The number of benzene rings is 2. The molecule has 0 radical (unpaired) electrons. The first-order valence-corrected chi connectivity index (χ1v) is 7.00. The molecular formula is C16H14Cl2O3. The Bertz CT molecular complexity index is 669. The topological polar surface area (TPSA) is 35.5 Å². The van der Waals surface area contributed by atoms with E-state index in [2.05, 4.69) is 0 Å². The molecule has 0 saturated heterocycles. The minimum Gasteiger partial charge on any atom is -0.497 e. The molecule has 21 heavy (non-hydrogen) atoms. The van der Waals surface area contributed by atoms with Crippen LogP contribution in [0, 0.1) is 0 Å². The summed E-state index contributed by atoms with van der Waals surface area (Å²) < 4.78 is 10.4. The van der Waals surface area contributed by atoms with Crippen molar-refractivity contribution >= 4 is 29.0 Å². The van der Waals surface area contributed by atoms with Crippen LogP contribution in [0.2, 0.25) is 10.0 Å². The van der Waals surface area contributed by atoms with Gasteiger partial charge in [-0.25, -0.2) is 0 Å². The molecule has 2 aromatic carbocycles. The molecule has 0 bridgehead atoms. The standard InChI is InChI=1S/C16H14Cl2O3/c1-20-12-5-6-16(21-2)13(9-12)15(19)7-10-3-4-11(17)8-14(10)18/h3-6,8-9H,7H2,1-2H3. The van der Waals surface area contributed by atoms with Gasteiger partial charge in [0.25, 0.3) is 0 Å². The second-order valence-corrected chi connectivity index (χ2v) is 5.25. The highest BCUT2D eigenvalue weighted by molar-refractivity contribution is 6.35. The molecule has 0 saturated carbocycles. The molecule has 0 aromatic heterocycles. The lowest BCUT2D eigenvalue weighted by Crippen LogP contribution is -2.06. The lowest BCUT2D eigenvalue weighted by Gasteiger charge is -2.10. The number of methoxy groups -OCH3 is 2. The number of Topliss-reactive ketones (excluding diaryl/α,β-unsaturated/α-hetero) is 1. The van der Waals surface area contributed by atoms with Gasteiger partial charge in [0.2, 0.25) is 0 Å². The van der Waals surface area contributed by atoms with Crippen LogP contribution in [-0.4, -0.2) is 20.0 Å². The fraction of sp³-hybridized carbons (Fsp3) is 0.188. The van der Waals surface area contributed by atoms with Crippen molar-refractivity contribution in [2.75, 3.05) is 14.2 Å². The molecule has 0 spiro atoms. The van der Waals surface area contributed by atoms with E-state index in [9.17, 15) is 4.79 Å². The minimum atomic E-state index is -0.102. The maximum Gasteiger partial charge on any atom is 0.171 e. The second-order valence-electron chi connectivity index (χ2n) is 4.40. The summed E-state index contributed by atoms with van der Waals surface area (Å²) >= 11 is 12.0. The average Bonchev–Trinajstić information content (AvgIpc) is 2.49. The van der Waals surface area contributed by atoms with Crippen LogP contribution in [0.15, 0.2) is 36.4 Å². The van der Waals surface area contributed by atoms with Gasteiger partial charge in [0.15, 0.2) is 5.78 Å². The van der Waals surface area contributed by atoms with Crippen LogP contribution in [-0.2, 0) is 6.42 Å². The van der Waals surface area contributed by atoms with Gasteiger partial charge in [0, 0.05) is 16.5 Å². The molecule has 110 valence electrons. The number of halogens is 2. The fourth-order valence-corrected chi connectivity index (χ4v) is 2.44. The van der Waals surface area contributed by atoms with Crippen LogP contribution >= 0.6 is 23.2 Å². The summed E-state index contributed by atoms with van der Waals surface area (Å²) in [4.78, 5) is 12.5. The first-order chi connectivity index (χ1) is 10.0. The van der Waals surface area contributed by atoms with Crippen LogP contribution in [0.5, 0.6) is 11.5 Å². The predicted molar refractivity (Wildman–Crippen MR) is 84.0 cm³/mol. The van der Waals surface area contributed by atoms with Gasteiger partial charge in [-0.1, -0.05) is 29.3 Å². The summed E-state index contributed by atoms with van der Waals surface area (Å²) in [6.45, 7) is 0. The Balaban J connectivity index is 2.31. The minimum absolute atomic E-state index is 0.102. The van der Waals surface area contributed by atoms with Crippen LogP contribution in [0.3, 0.4) is 0 Å². The maximum atomic E-state index is 12.5. The highest BCUT2D eigenvalue weighted by Crippen LogP contribution is 2.27. The molecule has 2 aromatic rings. The Morgan fingerprint density at radius 1 is 1.05 bits per heavy atom. The zero-order valence-corrected chi connectivity index (χ0v) is 13.2. The molecule has 3 nitrogen and oxygen atoms in total. The zero-order valence-electron chi connectivity index (χ0n) is 11.7. The largest absolute Gasteiger partial charge is 0.497 e. The fourth-order valence-electron chi connectivity index (χ4n) is 1.97. The van der Waals surface area contributed by atoms with Crippen molar-refractivity contribution in [3.63, 3.8) is 0 Å². The lowest BCUT2D eigenvalue weighted by molar-refractivity contribution is 0.0989. The van der Waals surface area contributed by atoms with E-state index in [1.165, 1.54) is 7.11 Å². The van der Waals surface area contributed by atoms with Crippen molar-refractivity contribution in [1.29, 1.82) is 0 Å². The number of ether oxygens (including phenoxy) is 2. The smallest absolute Gasteiger partial charge is 0.171 e. The Morgan fingerprint density at radius 3 is 2.43 bits per heavy atom. The molecule has 0 amide bonds. The van der Waals surface area contributed by atoms with E-state index >= 15 is 0 Å². The van der Waals surface area contributed by atoms with Crippen LogP contribution in [0.1, 0.15) is 15.9 Å². The lowest BCUT2D eigenvalue weighted by atomic mass is 10.0. The van der Waals surface area contributed by atoms with Crippen molar-refractivity contribution in [2.45, 2.75) is 6.42 Å². The third-order valence-corrected chi connectivity index (χ3v) is 3.66. The molecule has 0 atom stereocenters. The number of ketones is 1. The Morgan fingerprint density at radius 2 is 1.81 bits per heavy atom. The van der Waals surface area contributed by atoms with Crippen molar-refractivity contribution < 1.29 is 14.3 Å². The summed E-state index contributed by atoms with van der Waals surface area (Å²) in [5.41, 5.74) is 1.18. The van der Waals surface area contributed by atoms with E-state index in [4.69, 9.17) is 32.7 Å². The zero-order chi connectivity index (χ0) is 15.4. The van der Waals surface area contributed by atoms with E-state index in [0.29, 0.717) is 27.1 Å². The normalized spacial score (nSPS) is 10.3. The number of hydrogen-bond acceptors (Lipinski definition) is 3. The van der Waals surface area contributed by atoms with Crippen molar-refractivity contribution in [2.24, 2.45) is 0 Å². The van der Waals surface area contributed by atoms with E-state index in [-0.39, 0.29) is 12.2 Å². The van der Waals surface area contributed by atoms with Crippen LogP contribution < -0.4 is 9.47 Å². The summed E-state index contributed by atoms with van der Waals surface area (Å²) in [6, 6.07) is 10.2. The summed E-state index contributed by atoms with van der Waals surface area (Å²) in [5.74, 6) is 1.00. The number of carbonyl (C=O) groups is 1. The van der Waals surface area contributed by atoms with Gasteiger partial charge in [0.1, 0.15) is 11.5 Å². The Kier molecular flexibility index (Phi) is 5.10. The SMILES string of the molecule is COc1ccc(OC)c(C(=O)Cc2ccc(Cl)cc2Cl)c1. The van der Waals surface area contributed by atoms with Gasteiger partial charge in [-0.2, -0.15) is 0 Å². The van der Waals surface area contributed by atoms with Crippen LogP contribution in [0.4, 0.5) is 0 Å². The molecule has 0 aliphatic heterocycles. The highest BCUT2D eigenvalue weighted by Gasteiger charge is 2.15. The summed E-state index contributed by atoms with van der Waals surface area (Å²) in [6.07, 6.45) is 0.166. The van der Waals surface area contributed by atoms with E-state index < -0.39 is 0 Å². The first-order valence-electron chi connectivity index (χ1n) is 6.24. The molecule has 0 heterocycles. The van der Waals surface area contributed by atoms with E-state index in [0.717, 1.165) is 5.56 Å². The van der Waals surface area contributed by atoms with Gasteiger partial charge in [0.05, 0.1) is 19.8 Å².